The first-order valence-corrected chi connectivity index (χ1v) is 25.9. The van der Waals surface area contributed by atoms with Crippen LogP contribution in [0.4, 0.5) is 0 Å². The zero-order valence-electron chi connectivity index (χ0n) is 41.9. The van der Waals surface area contributed by atoms with Crippen LogP contribution in [0, 0.1) is 22.7 Å². The highest BCUT2D eigenvalue weighted by Crippen LogP contribution is 2.61. The van der Waals surface area contributed by atoms with E-state index in [0.717, 1.165) is 54.4 Å². The molecule has 71 heavy (non-hydrogen) atoms. The maximum Gasteiger partial charge on any atom is 0.327 e. The van der Waals surface area contributed by atoms with Crippen molar-refractivity contribution >= 4 is 29.8 Å². The van der Waals surface area contributed by atoms with E-state index < -0.39 is 71.1 Å². The number of hydroxylamine groups is 2. The normalized spacial score (nSPS) is 33.7. The zero-order valence-corrected chi connectivity index (χ0v) is 41.9. The van der Waals surface area contributed by atoms with Gasteiger partial charge in [-0.25, -0.2) is 0 Å². The second kappa shape index (κ2) is 17.9. The molecule has 2 amide bonds. The number of amides is 2. The Morgan fingerprint density at radius 3 is 2.42 bits per heavy atom. The third-order valence-electron chi connectivity index (χ3n) is 17.1. The SMILES string of the molecule is CC(C)(C)OC(=O)CCC(CO)NC(=O)c1cccc(CNC(=O)C23CC4OC(=O)C2N(Cc2ccccc2C=C2CCC5OC5(C)CCC5C2CC5(C)C)OC3C2OC3(Cc5ccccc5C3)OC42)c1. The Morgan fingerprint density at radius 1 is 0.930 bits per heavy atom. The molecule has 3 aromatic carbocycles. The molecule has 1 spiro atoms. The van der Waals surface area contributed by atoms with Gasteiger partial charge in [0.2, 0.25) is 5.91 Å². The van der Waals surface area contributed by atoms with E-state index >= 15 is 4.79 Å². The van der Waals surface area contributed by atoms with E-state index in [0.29, 0.717) is 35.8 Å². The number of epoxide rings is 1. The molecule has 11 atom stereocenters. The average Bonchev–Trinajstić information content (AvgIpc) is 3.59. The Bertz CT molecular complexity index is 2620. The maximum absolute atomic E-state index is 15.3. The quantitative estimate of drug-likeness (QED) is 0.125. The Balaban J connectivity index is 0.861. The van der Waals surface area contributed by atoms with E-state index in [1.807, 2.05) is 24.3 Å². The lowest BCUT2D eigenvalue weighted by Crippen LogP contribution is -2.69. The summed E-state index contributed by atoms with van der Waals surface area (Å²) in [7, 11) is 0. The van der Waals surface area contributed by atoms with Gasteiger partial charge in [0.25, 0.3) is 5.91 Å². The van der Waals surface area contributed by atoms with Crippen molar-refractivity contribution in [3.63, 3.8) is 0 Å². The summed E-state index contributed by atoms with van der Waals surface area (Å²) in [6, 6.07) is 21.6. The van der Waals surface area contributed by atoms with Gasteiger partial charge in [0, 0.05) is 37.8 Å². The minimum absolute atomic E-state index is 0.0182. The molecule has 7 fully saturated rings. The summed E-state index contributed by atoms with van der Waals surface area (Å²) < 4.78 is 31.9. The highest BCUT2D eigenvalue weighted by Gasteiger charge is 2.76. The fraction of sp³-hybridized carbons (Fsp3) is 0.579. The molecule has 11 unspecified atom stereocenters. The lowest BCUT2D eigenvalue weighted by Gasteiger charge is -2.53. The Morgan fingerprint density at radius 2 is 1.68 bits per heavy atom. The third kappa shape index (κ3) is 8.94. The van der Waals surface area contributed by atoms with Crippen LogP contribution in [0.15, 0.2) is 78.4 Å². The van der Waals surface area contributed by atoms with Gasteiger partial charge in [-0.3, -0.25) is 24.0 Å². The molecule has 3 aromatic rings. The van der Waals surface area contributed by atoms with Crippen molar-refractivity contribution in [3.8, 4) is 0 Å². The van der Waals surface area contributed by atoms with Crippen molar-refractivity contribution in [2.75, 3.05) is 6.61 Å². The number of benzene rings is 3. The molecule has 378 valence electrons. The molecule has 2 bridgehead atoms. The molecule has 3 saturated carbocycles. The van der Waals surface area contributed by atoms with Crippen LogP contribution in [-0.2, 0) is 68.8 Å². The summed E-state index contributed by atoms with van der Waals surface area (Å²) >= 11 is 0. The number of carbonyl (C=O) groups excluding carboxylic acids is 4. The minimum Gasteiger partial charge on any atom is -0.460 e. The van der Waals surface area contributed by atoms with E-state index in [-0.39, 0.29) is 62.0 Å². The van der Waals surface area contributed by atoms with Crippen molar-refractivity contribution in [2.24, 2.45) is 22.7 Å². The van der Waals surface area contributed by atoms with Crippen LogP contribution in [0.2, 0.25) is 0 Å². The molecule has 4 aliphatic carbocycles. The first-order valence-electron chi connectivity index (χ1n) is 25.9. The Kier molecular flexibility index (Phi) is 12.2. The number of aliphatic hydroxyl groups excluding tert-OH is 1. The van der Waals surface area contributed by atoms with Crippen LogP contribution in [0.1, 0.15) is 131 Å². The molecule has 14 nitrogen and oxygen atoms in total. The Hall–Kier alpha value is -4.96. The van der Waals surface area contributed by atoms with E-state index in [1.54, 1.807) is 44.0 Å². The highest BCUT2D eigenvalue weighted by molar-refractivity contribution is 5.95. The van der Waals surface area contributed by atoms with Crippen LogP contribution < -0.4 is 10.6 Å². The van der Waals surface area contributed by atoms with Gasteiger partial charge >= 0.3 is 11.9 Å². The van der Waals surface area contributed by atoms with Crippen LogP contribution in [-0.4, -0.2) is 100 Å². The number of nitrogens with one attached hydrogen (secondary N) is 2. The summed E-state index contributed by atoms with van der Waals surface area (Å²) in [4.78, 5) is 62.9. The fourth-order valence-electron chi connectivity index (χ4n) is 13.5. The number of nitrogens with zero attached hydrogens (tertiary/aromatic N) is 1. The van der Waals surface area contributed by atoms with Gasteiger partial charge in [-0.1, -0.05) is 86.2 Å². The van der Waals surface area contributed by atoms with Gasteiger partial charge in [-0.2, -0.15) is 5.06 Å². The van der Waals surface area contributed by atoms with Gasteiger partial charge in [0.1, 0.15) is 35.4 Å². The van der Waals surface area contributed by atoms with E-state index in [9.17, 15) is 19.5 Å². The number of fused-ring (bicyclic) bond motifs is 7. The number of carbonyl (C=O) groups is 4. The molecule has 4 saturated heterocycles. The predicted molar refractivity (Wildman–Crippen MR) is 261 cm³/mol. The van der Waals surface area contributed by atoms with Crippen molar-refractivity contribution in [1.29, 1.82) is 0 Å². The monoisotopic (exact) mass is 971 g/mol. The maximum atomic E-state index is 15.3. The van der Waals surface area contributed by atoms with Crippen molar-refractivity contribution in [2.45, 2.75) is 178 Å². The lowest BCUT2D eigenvalue weighted by atomic mass is 9.52. The molecule has 3 N–H and O–H groups in total. The van der Waals surface area contributed by atoms with Gasteiger partial charge < -0.3 is 39.4 Å². The van der Waals surface area contributed by atoms with Gasteiger partial charge in [-0.05, 0) is 123 Å². The fourth-order valence-corrected chi connectivity index (χ4v) is 13.5. The van der Waals surface area contributed by atoms with Crippen LogP contribution >= 0.6 is 0 Å². The molecule has 8 aliphatic rings. The topological polar surface area (TPSA) is 174 Å². The van der Waals surface area contributed by atoms with E-state index in [4.69, 9.17) is 28.5 Å². The third-order valence-corrected chi connectivity index (χ3v) is 17.1. The number of hydrogen-bond acceptors (Lipinski definition) is 12. The minimum atomic E-state index is -1.41. The summed E-state index contributed by atoms with van der Waals surface area (Å²) in [5.41, 5.74) is 4.90. The van der Waals surface area contributed by atoms with E-state index in [1.165, 1.54) is 5.57 Å². The molecule has 0 aromatic heterocycles. The molecular weight excluding hydrogens is 903 g/mol. The average molecular weight is 972 g/mol. The molecule has 14 heteroatoms. The number of ether oxygens (including phenoxy) is 5. The number of rotatable bonds is 12. The molecule has 0 radical (unpaired) electrons. The van der Waals surface area contributed by atoms with Crippen LogP contribution in [0.3, 0.4) is 0 Å². The van der Waals surface area contributed by atoms with Gasteiger partial charge in [0.15, 0.2) is 11.8 Å². The number of hydrogen-bond donors (Lipinski definition) is 3. The predicted octanol–water partition coefficient (Wildman–Crippen LogP) is 7.07. The van der Waals surface area contributed by atoms with Crippen molar-refractivity contribution in [3.05, 3.63) is 112 Å². The van der Waals surface area contributed by atoms with Gasteiger partial charge in [-0.15, -0.1) is 0 Å². The second-order valence-corrected chi connectivity index (χ2v) is 23.6. The molecule has 4 heterocycles. The molecule has 11 rings (SSSR count). The van der Waals surface area contributed by atoms with Crippen LogP contribution in [0.5, 0.6) is 0 Å². The molecule has 4 aliphatic heterocycles. The standard InChI is InChI=1S/C57H69N3O11/c1-53(2,3)68-45(62)21-19-40(32-61)59-50(63)36-17-11-12-33(24-36)30-58-52(65)57-29-43-46-47(70-56(69-46)26-37-14-8-9-15-38(37)27-56)49(57)71-60(48(57)51(64)66-43)31-39-16-10-7-13-34(39)25-35-18-20-44-55(6,67-44)23-22-42-41(35)28-54(42,4)5/h7-17,24-25,40-44,46-49,61H,18-23,26-32H2,1-6H3,(H,58,65)(H,59,63). The first kappa shape index (κ1) is 48.3. The van der Waals surface area contributed by atoms with Crippen LogP contribution in [0.25, 0.3) is 6.08 Å². The Labute approximate surface area is 416 Å². The zero-order chi connectivity index (χ0) is 49.7. The van der Waals surface area contributed by atoms with Crippen molar-refractivity contribution in [1.82, 2.24) is 15.7 Å². The van der Waals surface area contributed by atoms with E-state index in [2.05, 4.69) is 67.8 Å². The largest absolute Gasteiger partial charge is 0.460 e. The second-order valence-electron chi connectivity index (χ2n) is 23.6. The lowest BCUT2D eigenvalue weighted by molar-refractivity contribution is -0.217. The molecular formula is C57H69N3O11. The van der Waals surface area contributed by atoms with Gasteiger partial charge in [0.05, 0.1) is 30.9 Å². The summed E-state index contributed by atoms with van der Waals surface area (Å²) in [6.45, 7) is 12.3. The smallest absolute Gasteiger partial charge is 0.327 e. The number of aliphatic hydroxyl groups is 1. The summed E-state index contributed by atoms with van der Waals surface area (Å²) in [5, 5.41) is 17.7. The summed E-state index contributed by atoms with van der Waals surface area (Å²) in [5.74, 6) is -1.69. The number of esters is 2. The first-order chi connectivity index (χ1) is 33.9. The highest BCUT2D eigenvalue weighted by atomic mass is 16.8. The number of allylic oxidation sites excluding steroid dienone is 1. The van der Waals surface area contributed by atoms with Crippen molar-refractivity contribution < 1.29 is 52.8 Å². The summed E-state index contributed by atoms with van der Waals surface area (Å²) in [6.07, 6.45) is 6.44.